The number of nitrogens with zero attached hydrogens (tertiary/aromatic N) is 1. The topological polar surface area (TPSA) is 20.3 Å². The standard InChI is InChI=1S/C11H12Cl2FNO/c1-15(11(16)7-12)5-4-8-2-3-10(14)9(13)6-8/h2-3,6H,4-5,7H2,1H3. The van der Waals surface area contributed by atoms with Gasteiger partial charge in [-0.25, -0.2) is 4.39 Å². The number of hydrogen-bond acceptors (Lipinski definition) is 1. The summed E-state index contributed by atoms with van der Waals surface area (Å²) in [4.78, 5) is 12.7. The maximum atomic E-state index is 12.9. The Hall–Kier alpha value is -0.800. The molecule has 2 nitrogen and oxygen atoms in total. The van der Waals surface area contributed by atoms with Crippen LogP contribution in [0.2, 0.25) is 5.02 Å². The molecule has 0 bridgehead atoms. The number of carbonyl (C=O) groups excluding carboxylic acids is 1. The first-order chi connectivity index (χ1) is 7.54. The van der Waals surface area contributed by atoms with Gasteiger partial charge < -0.3 is 4.90 Å². The van der Waals surface area contributed by atoms with Gasteiger partial charge in [-0.15, -0.1) is 11.6 Å². The van der Waals surface area contributed by atoms with Gasteiger partial charge in [-0.05, 0) is 24.1 Å². The van der Waals surface area contributed by atoms with E-state index in [0.29, 0.717) is 13.0 Å². The summed E-state index contributed by atoms with van der Waals surface area (Å²) in [5.74, 6) is -0.591. The van der Waals surface area contributed by atoms with Crippen LogP contribution in [-0.4, -0.2) is 30.3 Å². The Morgan fingerprint density at radius 3 is 2.75 bits per heavy atom. The first kappa shape index (κ1) is 13.3. The Balaban J connectivity index is 2.55. The molecule has 1 rings (SSSR count). The van der Waals surface area contributed by atoms with Crippen molar-refractivity contribution in [2.75, 3.05) is 19.5 Å². The monoisotopic (exact) mass is 263 g/mol. The quantitative estimate of drug-likeness (QED) is 0.766. The van der Waals surface area contributed by atoms with E-state index in [0.717, 1.165) is 5.56 Å². The summed E-state index contributed by atoms with van der Waals surface area (Å²) in [7, 11) is 1.68. The van der Waals surface area contributed by atoms with Crippen molar-refractivity contribution in [3.05, 3.63) is 34.6 Å². The number of benzene rings is 1. The summed E-state index contributed by atoms with van der Waals surface area (Å²) in [5.41, 5.74) is 0.889. The summed E-state index contributed by atoms with van der Waals surface area (Å²) in [6.07, 6.45) is 0.624. The van der Waals surface area contributed by atoms with E-state index in [1.807, 2.05) is 0 Å². The van der Waals surface area contributed by atoms with Crippen molar-refractivity contribution in [1.82, 2.24) is 4.90 Å². The second-order valence-electron chi connectivity index (χ2n) is 3.45. The van der Waals surface area contributed by atoms with Gasteiger partial charge in [-0.1, -0.05) is 17.7 Å². The lowest BCUT2D eigenvalue weighted by Gasteiger charge is -2.15. The van der Waals surface area contributed by atoms with Gasteiger partial charge in [0.05, 0.1) is 5.02 Å². The molecule has 0 saturated heterocycles. The van der Waals surface area contributed by atoms with Crippen LogP contribution in [-0.2, 0) is 11.2 Å². The summed E-state index contributed by atoms with van der Waals surface area (Å²) < 4.78 is 12.9. The molecule has 0 heterocycles. The first-order valence-electron chi connectivity index (χ1n) is 4.78. The Morgan fingerprint density at radius 1 is 1.50 bits per heavy atom. The molecule has 0 atom stereocenters. The Labute approximate surface area is 104 Å². The van der Waals surface area contributed by atoms with Crippen molar-refractivity contribution in [2.45, 2.75) is 6.42 Å². The number of rotatable bonds is 4. The van der Waals surface area contributed by atoms with Crippen molar-refractivity contribution in [3.63, 3.8) is 0 Å². The number of halogens is 3. The Kier molecular flexibility index (Phi) is 5.03. The molecule has 0 aliphatic rings. The average molecular weight is 264 g/mol. The number of carbonyl (C=O) groups is 1. The molecule has 0 aliphatic carbocycles. The van der Waals surface area contributed by atoms with Gasteiger partial charge >= 0.3 is 0 Å². The second-order valence-corrected chi connectivity index (χ2v) is 4.12. The van der Waals surface area contributed by atoms with Crippen LogP contribution in [0.1, 0.15) is 5.56 Å². The van der Waals surface area contributed by atoms with Gasteiger partial charge in [0.15, 0.2) is 0 Å². The Morgan fingerprint density at radius 2 is 2.19 bits per heavy atom. The van der Waals surface area contributed by atoms with E-state index in [2.05, 4.69) is 0 Å². The van der Waals surface area contributed by atoms with Crippen LogP contribution in [0.5, 0.6) is 0 Å². The SMILES string of the molecule is CN(CCc1ccc(F)c(Cl)c1)C(=O)CCl. The fraction of sp³-hybridized carbons (Fsp3) is 0.364. The van der Waals surface area contributed by atoms with Crippen LogP contribution < -0.4 is 0 Å². The van der Waals surface area contributed by atoms with Crippen molar-refractivity contribution < 1.29 is 9.18 Å². The lowest BCUT2D eigenvalue weighted by Crippen LogP contribution is -2.29. The van der Waals surface area contributed by atoms with Gasteiger partial charge in [0, 0.05) is 13.6 Å². The highest BCUT2D eigenvalue weighted by Gasteiger charge is 2.07. The predicted molar refractivity (Wildman–Crippen MR) is 63.5 cm³/mol. The molecule has 0 aliphatic heterocycles. The van der Waals surface area contributed by atoms with E-state index < -0.39 is 5.82 Å². The molecule has 1 amide bonds. The zero-order valence-corrected chi connectivity index (χ0v) is 10.4. The molecule has 1 aromatic carbocycles. The number of amides is 1. The molecule has 0 spiro atoms. The second kappa shape index (κ2) is 6.06. The highest BCUT2D eigenvalue weighted by Crippen LogP contribution is 2.16. The third-order valence-corrected chi connectivity index (χ3v) is 2.78. The first-order valence-corrected chi connectivity index (χ1v) is 5.69. The van der Waals surface area contributed by atoms with Crippen molar-refractivity contribution in [2.24, 2.45) is 0 Å². The fourth-order valence-electron chi connectivity index (χ4n) is 1.22. The molecule has 0 N–H and O–H groups in total. The summed E-state index contributed by atoms with van der Waals surface area (Å²) in [5, 5.41) is 0.101. The highest BCUT2D eigenvalue weighted by molar-refractivity contribution is 6.30. The largest absolute Gasteiger partial charge is 0.344 e. The van der Waals surface area contributed by atoms with Crippen LogP contribution in [0.15, 0.2) is 18.2 Å². The molecule has 0 unspecified atom stereocenters. The predicted octanol–water partition coefficient (Wildman–Crippen LogP) is 2.72. The van der Waals surface area contributed by atoms with Crippen LogP contribution in [0, 0.1) is 5.82 Å². The van der Waals surface area contributed by atoms with Gasteiger partial charge in [-0.3, -0.25) is 4.79 Å². The zero-order valence-electron chi connectivity index (χ0n) is 8.84. The summed E-state index contributed by atoms with van der Waals surface area (Å²) in [6.45, 7) is 0.535. The van der Waals surface area contributed by atoms with E-state index in [-0.39, 0.29) is 16.8 Å². The molecular formula is C11H12Cl2FNO. The van der Waals surface area contributed by atoms with Gasteiger partial charge in [-0.2, -0.15) is 0 Å². The molecule has 0 radical (unpaired) electrons. The highest BCUT2D eigenvalue weighted by atomic mass is 35.5. The van der Waals surface area contributed by atoms with E-state index in [4.69, 9.17) is 23.2 Å². The minimum absolute atomic E-state index is 0.0271. The molecule has 88 valence electrons. The summed E-state index contributed by atoms with van der Waals surface area (Å²) in [6, 6.07) is 4.54. The normalized spacial score (nSPS) is 10.2. The lowest BCUT2D eigenvalue weighted by molar-refractivity contribution is -0.127. The van der Waals surface area contributed by atoms with Gasteiger partial charge in [0.25, 0.3) is 0 Å². The van der Waals surface area contributed by atoms with E-state index in [1.165, 1.54) is 11.0 Å². The maximum Gasteiger partial charge on any atom is 0.237 e. The zero-order chi connectivity index (χ0) is 12.1. The van der Waals surface area contributed by atoms with E-state index in [1.54, 1.807) is 19.2 Å². The van der Waals surface area contributed by atoms with Crippen LogP contribution >= 0.6 is 23.2 Å². The molecular weight excluding hydrogens is 252 g/mol. The number of alkyl halides is 1. The lowest BCUT2D eigenvalue weighted by atomic mass is 10.1. The minimum Gasteiger partial charge on any atom is -0.344 e. The van der Waals surface area contributed by atoms with Crippen molar-refractivity contribution in [3.8, 4) is 0 Å². The smallest absolute Gasteiger partial charge is 0.237 e. The number of likely N-dealkylation sites (N-methyl/N-ethyl adjacent to an activating group) is 1. The summed E-state index contributed by atoms with van der Waals surface area (Å²) >= 11 is 11.1. The van der Waals surface area contributed by atoms with Crippen molar-refractivity contribution >= 4 is 29.1 Å². The van der Waals surface area contributed by atoms with E-state index in [9.17, 15) is 9.18 Å². The average Bonchev–Trinajstić information content (AvgIpc) is 2.29. The van der Waals surface area contributed by atoms with E-state index >= 15 is 0 Å². The van der Waals surface area contributed by atoms with Crippen LogP contribution in [0.25, 0.3) is 0 Å². The third-order valence-electron chi connectivity index (χ3n) is 2.26. The molecule has 0 aromatic heterocycles. The van der Waals surface area contributed by atoms with Crippen LogP contribution in [0.3, 0.4) is 0 Å². The van der Waals surface area contributed by atoms with Crippen molar-refractivity contribution in [1.29, 1.82) is 0 Å². The molecule has 5 heteroatoms. The van der Waals surface area contributed by atoms with Gasteiger partial charge in [0.1, 0.15) is 11.7 Å². The fourth-order valence-corrected chi connectivity index (χ4v) is 1.63. The molecule has 0 saturated carbocycles. The maximum absolute atomic E-state index is 12.9. The molecule has 16 heavy (non-hydrogen) atoms. The third kappa shape index (κ3) is 3.65. The minimum atomic E-state index is -0.435. The van der Waals surface area contributed by atoms with Crippen LogP contribution in [0.4, 0.5) is 4.39 Å². The van der Waals surface area contributed by atoms with Gasteiger partial charge in [0.2, 0.25) is 5.91 Å². The molecule has 0 fully saturated rings. The molecule has 1 aromatic rings. The Bertz CT molecular complexity index is 384. The number of hydrogen-bond donors (Lipinski definition) is 0.